The molecule has 102 valence electrons. The zero-order valence-corrected chi connectivity index (χ0v) is 11.0. The highest BCUT2D eigenvalue weighted by molar-refractivity contribution is 5.99. The number of amides is 2. The zero-order valence-electron chi connectivity index (χ0n) is 11.0. The van der Waals surface area contributed by atoms with Gasteiger partial charge in [-0.2, -0.15) is 0 Å². The zero-order chi connectivity index (χ0) is 13.1. The van der Waals surface area contributed by atoms with Crippen LogP contribution >= 0.6 is 0 Å². The lowest BCUT2D eigenvalue weighted by Crippen LogP contribution is -2.51. The average Bonchev–Trinajstić information content (AvgIpc) is 2.99. The molecule has 0 radical (unpaired) electrons. The monoisotopic (exact) mass is 253 g/mol. The highest BCUT2D eigenvalue weighted by Crippen LogP contribution is 2.29. The van der Waals surface area contributed by atoms with Gasteiger partial charge in [-0.15, -0.1) is 0 Å². The van der Waals surface area contributed by atoms with E-state index in [9.17, 15) is 9.59 Å². The van der Waals surface area contributed by atoms with Crippen LogP contribution in [-0.4, -0.2) is 41.4 Å². The van der Waals surface area contributed by atoms with Crippen molar-refractivity contribution >= 4 is 11.8 Å². The molecule has 1 saturated heterocycles. The summed E-state index contributed by atoms with van der Waals surface area (Å²) in [5.74, 6) is -0.542. The molecule has 0 aromatic carbocycles. The van der Waals surface area contributed by atoms with E-state index in [0.717, 1.165) is 19.4 Å². The topological polar surface area (TPSA) is 75.4 Å². The van der Waals surface area contributed by atoms with Crippen LogP contribution in [0.5, 0.6) is 0 Å². The molecule has 0 spiro atoms. The van der Waals surface area contributed by atoms with E-state index in [0.29, 0.717) is 6.04 Å². The number of imide groups is 1. The Kier molecular flexibility index (Phi) is 4.35. The number of nitrogens with zero attached hydrogens (tertiary/aromatic N) is 1. The van der Waals surface area contributed by atoms with E-state index >= 15 is 0 Å². The number of nitrogens with two attached hydrogens (primary N) is 1. The second kappa shape index (κ2) is 5.80. The van der Waals surface area contributed by atoms with Crippen LogP contribution in [0.25, 0.3) is 0 Å². The fraction of sp³-hybridized carbons (Fsp3) is 0.846. The van der Waals surface area contributed by atoms with E-state index in [-0.39, 0.29) is 17.9 Å². The summed E-state index contributed by atoms with van der Waals surface area (Å²) in [6.45, 7) is 2.57. The van der Waals surface area contributed by atoms with Crippen molar-refractivity contribution in [1.82, 2.24) is 10.2 Å². The third-order valence-corrected chi connectivity index (χ3v) is 4.05. The molecule has 0 unspecified atom stereocenters. The second-order valence-electron chi connectivity index (χ2n) is 5.48. The lowest BCUT2D eigenvalue weighted by atomic mass is 10.1. The smallest absolute Gasteiger partial charge is 0.243 e. The normalized spacial score (nSPS) is 27.3. The van der Waals surface area contributed by atoms with Gasteiger partial charge in [0.2, 0.25) is 11.8 Å². The Hall–Kier alpha value is -0.940. The summed E-state index contributed by atoms with van der Waals surface area (Å²) in [5, 5.41) is 2.43. The van der Waals surface area contributed by atoms with Crippen LogP contribution in [0.3, 0.4) is 0 Å². The van der Waals surface area contributed by atoms with Crippen LogP contribution in [-0.2, 0) is 9.59 Å². The number of carbonyl (C=O) groups excluding carboxylic acids is 2. The molecule has 1 heterocycles. The predicted molar refractivity (Wildman–Crippen MR) is 68.8 cm³/mol. The molecule has 2 amide bonds. The molecule has 2 aliphatic rings. The van der Waals surface area contributed by atoms with Crippen LogP contribution in [0.1, 0.15) is 45.4 Å². The lowest BCUT2D eigenvalue weighted by Gasteiger charge is -2.29. The highest BCUT2D eigenvalue weighted by atomic mass is 16.2. The standard InChI is InChI=1S/C13H23N3O2/c1-9(14)12(17)15-13(18)11-7-4-8-16(11)10-5-2-3-6-10/h9-11H,2-8,14H2,1H3,(H,15,17,18)/t9-,11-/m0/s1. The molecular weight excluding hydrogens is 230 g/mol. The van der Waals surface area contributed by atoms with E-state index in [4.69, 9.17) is 5.73 Å². The Morgan fingerprint density at radius 1 is 1.22 bits per heavy atom. The van der Waals surface area contributed by atoms with Crippen LogP contribution in [0, 0.1) is 0 Å². The molecular formula is C13H23N3O2. The summed E-state index contributed by atoms with van der Waals surface area (Å²) < 4.78 is 0. The van der Waals surface area contributed by atoms with Gasteiger partial charge in [-0.25, -0.2) is 0 Å². The van der Waals surface area contributed by atoms with Gasteiger partial charge in [0.25, 0.3) is 0 Å². The second-order valence-corrected chi connectivity index (χ2v) is 5.48. The summed E-state index contributed by atoms with van der Waals surface area (Å²) in [7, 11) is 0. The number of likely N-dealkylation sites (tertiary alicyclic amines) is 1. The molecule has 0 aromatic rings. The molecule has 2 atom stereocenters. The first-order chi connectivity index (χ1) is 8.59. The molecule has 1 saturated carbocycles. The number of hydrogen-bond donors (Lipinski definition) is 2. The maximum Gasteiger partial charge on any atom is 0.243 e. The number of carbonyl (C=O) groups is 2. The Bertz CT molecular complexity index is 324. The fourth-order valence-electron chi connectivity index (χ4n) is 3.06. The molecule has 18 heavy (non-hydrogen) atoms. The average molecular weight is 253 g/mol. The molecule has 2 rings (SSSR count). The minimum atomic E-state index is -0.629. The molecule has 3 N–H and O–H groups in total. The summed E-state index contributed by atoms with van der Waals surface area (Å²) in [6.07, 6.45) is 6.79. The van der Waals surface area contributed by atoms with E-state index in [1.807, 2.05) is 0 Å². The molecule has 5 heteroatoms. The van der Waals surface area contributed by atoms with Crippen molar-refractivity contribution < 1.29 is 9.59 Å². The minimum absolute atomic E-state index is 0.129. The quantitative estimate of drug-likeness (QED) is 0.762. The first-order valence-corrected chi connectivity index (χ1v) is 6.95. The van der Waals surface area contributed by atoms with Gasteiger partial charge < -0.3 is 5.73 Å². The Labute approximate surface area is 108 Å². The van der Waals surface area contributed by atoms with Gasteiger partial charge in [0.15, 0.2) is 0 Å². The van der Waals surface area contributed by atoms with E-state index < -0.39 is 6.04 Å². The largest absolute Gasteiger partial charge is 0.320 e. The van der Waals surface area contributed by atoms with Crippen LogP contribution in [0.4, 0.5) is 0 Å². The molecule has 0 bridgehead atoms. The van der Waals surface area contributed by atoms with Gasteiger partial charge in [-0.05, 0) is 39.2 Å². The number of hydrogen-bond acceptors (Lipinski definition) is 4. The molecule has 2 fully saturated rings. The Morgan fingerprint density at radius 3 is 2.50 bits per heavy atom. The van der Waals surface area contributed by atoms with Gasteiger partial charge >= 0.3 is 0 Å². The van der Waals surface area contributed by atoms with Crippen molar-refractivity contribution in [2.75, 3.05) is 6.54 Å². The van der Waals surface area contributed by atoms with Crippen molar-refractivity contribution in [1.29, 1.82) is 0 Å². The van der Waals surface area contributed by atoms with Gasteiger partial charge in [0.05, 0.1) is 12.1 Å². The van der Waals surface area contributed by atoms with Gasteiger partial charge in [-0.3, -0.25) is 19.8 Å². The van der Waals surface area contributed by atoms with E-state index in [1.54, 1.807) is 6.92 Å². The first kappa shape index (κ1) is 13.5. The summed E-state index contributed by atoms with van der Waals surface area (Å²) in [5.41, 5.74) is 5.46. The third kappa shape index (κ3) is 2.90. The molecule has 0 aromatic heterocycles. The Balaban J connectivity index is 1.93. The van der Waals surface area contributed by atoms with Gasteiger partial charge in [-0.1, -0.05) is 12.8 Å². The summed E-state index contributed by atoms with van der Waals surface area (Å²) in [6, 6.07) is -0.222. The molecule has 5 nitrogen and oxygen atoms in total. The van der Waals surface area contributed by atoms with Crippen molar-refractivity contribution in [3.8, 4) is 0 Å². The molecule has 1 aliphatic heterocycles. The maximum atomic E-state index is 12.1. The fourth-order valence-corrected chi connectivity index (χ4v) is 3.06. The van der Waals surface area contributed by atoms with Crippen molar-refractivity contribution in [3.63, 3.8) is 0 Å². The van der Waals surface area contributed by atoms with Crippen LogP contribution < -0.4 is 11.1 Å². The summed E-state index contributed by atoms with van der Waals surface area (Å²) in [4.78, 5) is 25.8. The number of nitrogens with one attached hydrogen (secondary N) is 1. The third-order valence-electron chi connectivity index (χ3n) is 4.05. The van der Waals surface area contributed by atoms with Crippen molar-refractivity contribution in [2.45, 2.75) is 63.6 Å². The SMILES string of the molecule is C[C@H](N)C(=O)NC(=O)[C@@H]1CCCN1C1CCCC1. The van der Waals surface area contributed by atoms with Gasteiger partial charge in [0.1, 0.15) is 0 Å². The van der Waals surface area contributed by atoms with Gasteiger partial charge in [0, 0.05) is 6.04 Å². The maximum absolute atomic E-state index is 12.1. The predicted octanol–water partition coefficient (Wildman–Crippen LogP) is 0.383. The number of rotatable bonds is 3. The minimum Gasteiger partial charge on any atom is -0.320 e. The highest BCUT2D eigenvalue weighted by Gasteiger charge is 2.36. The van der Waals surface area contributed by atoms with Crippen molar-refractivity contribution in [3.05, 3.63) is 0 Å². The summed E-state index contributed by atoms with van der Waals surface area (Å²) >= 11 is 0. The molecule has 1 aliphatic carbocycles. The lowest BCUT2D eigenvalue weighted by molar-refractivity contribution is -0.134. The van der Waals surface area contributed by atoms with Crippen LogP contribution in [0.2, 0.25) is 0 Å². The Morgan fingerprint density at radius 2 is 1.89 bits per heavy atom. The van der Waals surface area contributed by atoms with Crippen molar-refractivity contribution in [2.24, 2.45) is 5.73 Å². The van der Waals surface area contributed by atoms with E-state index in [1.165, 1.54) is 25.7 Å². The van der Waals surface area contributed by atoms with E-state index in [2.05, 4.69) is 10.2 Å². The first-order valence-electron chi connectivity index (χ1n) is 6.95. The van der Waals surface area contributed by atoms with Crippen LogP contribution in [0.15, 0.2) is 0 Å².